The van der Waals surface area contributed by atoms with Gasteiger partial charge in [-0.3, -0.25) is 14.5 Å². The van der Waals surface area contributed by atoms with Crippen molar-refractivity contribution in [1.82, 2.24) is 4.90 Å². The molecule has 1 saturated heterocycles. The highest BCUT2D eigenvalue weighted by molar-refractivity contribution is 6.03. The Bertz CT molecular complexity index is 1310. The van der Waals surface area contributed by atoms with Crippen molar-refractivity contribution in [2.75, 3.05) is 29.4 Å². The molecule has 3 aromatic rings. The highest BCUT2D eigenvalue weighted by atomic mass is 16.2. The first kappa shape index (κ1) is 25.7. The predicted molar refractivity (Wildman–Crippen MR) is 155 cm³/mol. The van der Waals surface area contributed by atoms with E-state index in [2.05, 4.69) is 35.2 Å². The zero-order chi connectivity index (χ0) is 26.3. The molecule has 0 radical (unpaired) electrons. The Morgan fingerprint density at radius 3 is 2.32 bits per heavy atom. The molecule has 1 fully saturated rings. The second-order valence-electron chi connectivity index (χ2n) is 10.1. The van der Waals surface area contributed by atoms with E-state index in [1.165, 1.54) is 5.56 Å². The maximum absolute atomic E-state index is 13.7. The van der Waals surface area contributed by atoms with Crippen LogP contribution in [-0.4, -0.2) is 42.4 Å². The van der Waals surface area contributed by atoms with Gasteiger partial charge in [-0.1, -0.05) is 85.0 Å². The molecule has 0 spiro atoms. The smallest absolute Gasteiger partial charge is 0.251 e. The van der Waals surface area contributed by atoms with Crippen LogP contribution in [0.2, 0.25) is 0 Å². The van der Waals surface area contributed by atoms with E-state index in [1.807, 2.05) is 76.6 Å². The average Bonchev–Trinajstić information content (AvgIpc) is 3.37. The minimum absolute atomic E-state index is 0.0310. The number of hydrogen-bond acceptors (Lipinski definition) is 3. The Hall–Kier alpha value is -3.96. The number of anilines is 2. The quantitative estimate of drug-likeness (QED) is 0.298. The molecule has 5 rings (SSSR count). The molecule has 0 bridgehead atoms. The summed E-state index contributed by atoms with van der Waals surface area (Å²) < 4.78 is 0. The second kappa shape index (κ2) is 12.1. The number of hydrogen-bond donors (Lipinski definition) is 0. The van der Waals surface area contributed by atoms with Crippen LogP contribution in [0.4, 0.5) is 11.4 Å². The molecule has 0 atom stereocenters. The van der Waals surface area contributed by atoms with Crippen molar-refractivity contribution in [3.8, 4) is 0 Å². The summed E-state index contributed by atoms with van der Waals surface area (Å²) >= 11 is 0. The van der Waals surface area contributed by atoms with Crippen LogP contribution in [0.5, 0.6) is 0 Å². The molecule has 38 heavy (non-hydrogen) atoms. The third-order valence-corrected chi connectivity index (χ3v) is 7.47. The van der Waals surface area contributed by atoms with Crippen molar-refractivity contribution in [3.05, 3.63) is 114 Å². The van der Waals surface area contributed by atoms with Crippen LogP contribution in [0.1, 0.15) is 36.5 Å². The first-order chi connectivity index (χ1) is 18.6. The normalized spacial score (nSPS) is 16.3. The number of rotatable bonds is 7. The summed E-state index contributed by atoms with van der Waals surface area (Å²) in [6.07, 6.45) is 10.0. The molecule has 5 nitrogen and oxygen atoms in total. The number of likely N-dealkylation sites (tertiary alicyclic amines) is 1. The molecule has 0 aliphatic carbocycles. The summed E-state index contributed by atoms with van der Waals surface area (Å²) in [6, 6.07) is 26.9. The fourth-order valence-electron chi connectivity index (χ4n) is 5.49. The lowest BCUT2D eigenvalue weighted by Crippen LogP contribution is -2.47. The summed E-state index contributed by atoms with van der Waals surface area (Å²) in [6.45, 7) is 5.11. The molecule has 0 aromatic heterocycles. The Kier molecular flexibility index (Phi) is 8.15. The molecule has 194 valence electrons. The minimum atomic E-state index is -0.0310. The summed E-state index contributed by atoms with van der Waals surface area (Å²) in [4.78, 5) is 32.1. The number of benzene rings is 3. The van der Waals surface area contributed by atoms with E-state index in [-0.39, 0.29) is 17.9 Å². The topological polar surface area (TPSA) is 43.9 Å². The second-order valence-corrected chi connectivity index (χ2v) is 10.1. The third kappa shape index (κ3) is 6.12. The number of nitrogens with zero attached hydrogens (tertiary/aromatic N) is 3. The fourth-order valence-corrected chi connectivity index (χ4v) is 5.49. The lowest BCUT2D eigenvalue weighted by Gasteiger charge is -2.38. The average molecular weight is 506 g/mol. The van der Waals surface area contributed by atoms with E-state index in [0.29, 0.717) is 6.54 Å². The minimum Gasteiger partial charge on any atom is -0.312 e. The van der Waals surface area contributed by atoms with Gasteiger partial charge in [0, 0.05) is 56.6 Å². The van der Waals surface area contributed by atoms with Crippen LogP contribution in [0, 0.1) is 0 Å². The molecule has 2 aliphatic heterocycles. The van der Waals surface area contributed by atoms with Crippen molar-refractivity contribution in [1.29, 1.82) is 0 Å². The van der Waals surface area contributed by atoms with Crippen molar-refractivity contribution in [2.45, 2.75) is 38.8 Å². The number of fused-ring (bicyclic) bond motifs is 1. The number of carbonyl (C=O) groups is 2. The Morgan fingerprint density at radius 1 is 0.895 bits per heavy atom. The highest BCUT2D eigenvalue weighted by Crippen LogP contribution is 2.34. The first-order valence-electron chi connectivity index (χ1n) is 13.5. The Labute approximate surface area is 225 Å². The van der Waals surface area contributed by atoms with Gasteiger partial charge in [0.05, 0.1) is 0 Å². The van der Waals surface area contributed by atoms with E-state index in [9.17, 15) is 9.59 Å². The van der Waals surface area contributed by atoms with Gasteiger partial charge in [-0.05, 0) is 48.1 Å². The molecule has 5 heteroatoms. The van der Waals surface area contributed by atoms with E-state index in [4.69, 9.17) is 0 Å². The number of allylic oxidation sites excluding steroid dienone is 2. The van der Waals surface area contributed by atoms with Gasteiger partial charge in [0.2, 0.25) is 5.91 Å². The van der Waals surface area contributed by atoms with Crippen LogP contribution in [0.25, 0.3) is 6.08 Å². The largest absolute Gasteiger partial charge is 0.312 e. The zero-order valence-electron chi connectivity index (χ0n) is 22.0. The lowest BCUT2D eigenvalue weighted by molar-refractivity contribution is -0.116. The number of carbonyl (C=O) groups excluding carboxylic acids is 2. The molecule has 2 aliphatic rings. The Balaban J connectivity index is 1.35. The Morgan fingerprint density at radius 2 is 1.61 bits per heavy atom. The summed E-state index contributed by atoms with van der Waals surface area (Å²) in [5.74, 6) is 0.00971. The van der Waals surface area contributed by atoms with Gasteiger partial charge in [0.15, 0.2) is 0 Å². The molecule has 2 amide bonds. The van der Waals surface area contributed by atoms with Crippen molar-refractivity contribution >= 4 is 29.3 Å². The van der Waals surface area contributed by atoms with Gasteiger partial charge in [-0.2, -0.15) is 0 Å². The lowest BCUT2D eigenvalue weighted by atomic mass is 10.0. The van der Waals surface area contributed by atoms with E-state index in [0.717, 1.165) is 61.4 Å². The maximum atomic E-state index is 13.7. The van der Waals surface area contributed by atoms with Crippen molar-refractivity contribution < 1.29 is 9.59 Å². The maximum Gasteiger partial charge on any atom is 0.251 e. The summed E-state index contributed by atoms with van der Waals surface area (Å²) in [5, 5.41) is 0. The van der Waals surface area contributed by atoms with Crippen molar-refractivity contribution in [2.24, 2.45) is 0 Å². The van der Waals surface area contributed by atoms with Gasteiger partial charge in [0.1, 0.15) is 0 Å². The van der Waals surface area contributed by atoms with E-state index < -0.39 is 0 Å². The molecule has 0 N–H and O–H groups in total. The molecule has 3 aromatic carbocycles. The number of piperidine rings is 1. The van der Waals surface area contributed by atoms with Gasteiger partial charge in [-0.25, -0.2) is 0 Å². The van der Waals surface area contributed by atoms with Crippen LogP contribution in [0.15, 0.2) is 97.1 Å². The van der Waals surface area contributed by atoms with E-state index in [1.54, 1.807) is 13.0 Å². The fraction of sp³-hybridized carbons (Fsp3) is 0.273. The molecular weight excluding hydrogens is 470 g/mol. The van der Waals surface area contributed by atoms with Gasteiger partial charge >= 0.3 is 0 Å². The molecule has 0 unspecified atom stereocenters. The molecular formula is C33H35N3O2. The number of amides is 2. The third-order valence-electron chi connectivity index (χ3n) is 7.47. The molecule has 0 saturated carbocycles. The SMILES string of the molecule is CC(=O)N1CCc2ccc(N(C(=O)/C=C/C=C/c3ccccc3)C3CCN(Cc4ccccc4)CC3)cc21. The highest BCUT2D eigenvalue weighted by Gasteiger charge is 2.30. The zero-order valence-corrected chi connectivity index (χ0v) is 22.0. The van der Waals surface area contributed by atoms with Gasteiger partial charge in [-0.15, -0.1) is 0 Å². The van der Waals surface area contributed by atoms with Gasteiger partial charge < -0.3 is 9.80 Å². The van der Waals surface area contributed by atoms with Crippen LogP contribution in [0.3, 0.4) is 0 Å². The van der Waals surface area contributed by atoms with E-state index >= 15 is 0 Å². The van der Waals surface area contributed by atoms with Crippen LogP contribution in [-0.2, 0) is 22.6 Å². The summed E-state index contributed by atoms with van der Waals surface area (Å²) in [5.41, 5.74) is 5.36. The standard InChI is InChI=1S/C33H35N3O2/c1-26(37)35-23-18-29-16-17-31(24-32(29)35)36(33(38)15-9-8-12-27-10-4-2-5-11-27)30-19-21-34(22-20-30)25-28-13-6-3-7-14-28/h2-17,24,30H,18-23,25H2,1H3/b12-8+,15-9+. The van der Waals surface area contributed by atoms with Crippen LogP contribution < -0.4 is 9.80 Å². The predicted octanol–water partition coefficient (Wildman–Crippen LogP) is 5.86. The monoisotopic (exact) mass is 505 g/mol. The van der Waals surface area contributed by atoms with Gasteiger partial charge in [0.25, 0.3) is 5.91 Å². The van der Waals surface area contributed by atoms with Crippen LogP contribution >= 0.6 is 0 Å². The van der Waals surface area contributed by atoms with Crippen molar-refractivity contribution in [3.63, 3.8) is 0 Å². The molecule has 2 heterocycles. The summed E-state index contributed by atoms with van der Waals surface area (Å²) in [7, 11) is 0. The first-order valence-corrected chi connectivity index (χ1v) is 13.5.